The molecule has 0 radical (unpaired) electrons. The van der Waals surface area contributed by atoms with Crippen LogP contribution in [-0.4, -0.2) is 85.4 Å². The Bertz CT molecular complexity index is 1640. The van der Waals surface area contributed by atoms with Crippen LogP contribution in [0.3, 0.4) is 0 Å². The van der Waals surface area contributed by atoms with Crippen LogP contribution < -0.4 is 20.9 Å². The predicted molar refractivity (Wildman–Crippen MR) is 203 cm³/mol. The van der Waals surface area contributed by atoms with Gasteiger partial charge in [0.25, 0.3) is 5.91 Å². The molecule has 11 nitrogen and oxygen atoms in total. The molecule has 1 aliphatic carbocycles. The van der Waals surface area contributed by atoms with Crippen LogP contribution in [-0.2, 0) is 16.1 Å². The zero-order valence-electron chi connectivity index (χ0n) is 31.1. The van der Waals surface area contributed by atoms with Gasteiger partial charge in [0.1, 0.15) is 18.0 Å². The summed E-state index contributed by atoms with van der Waals surface area (Å²) in [5.74, 6) is 2.33. The number of para-hydroxylation sites is 1. The van der Waals surface area contributed by atoms with Crippen LogP contribution >= 0.6 is 0 Å². The number of pyridine rings is 1. The average Bonchev–Trinajstić information content (AvgIpc) is 3.13. The highest BCUT2D eigenvalue weighted by Gasteiger charge is 2.30. The monoisotopic (exact) mass is 712 g/mol. The number of benzene rings is 2. The van der Waals surface area contributed by atoms with Crippen LogP contribution in [0, 0.1) is 17.8 Å². The number of nitrogens with zero attached hydrogens (tertiary/aromatic N) is 3. The van der Waals surface area contributed by atoms with E-state index in [9.17, 15) is 14.4 Å². The number of carbonyl (C=O) groups is 3. The summed E-state index contributed by atoms with van der Waals surface area (Å²) in [6, 6.07) is 19.8. The Kier molecular flexibility index (Phi) is 12.5. The topological polar surface area (TPSA) is 125 Å². The van der Waals surface area contributed by atoms with Crippen LogP contribution in [0.2, 0.25) is 0 Å². The van der Waals surface area contributed by atoms with E-state index in [1.165, 1.54) is 0 Å². The first kappa shape index (κ1) is 37.4. The summed E-state index contributed by atoms with van der Waals surface area (Å²) in [4.78, 5) is 47.6. The second-order valence-electron chi connectivity index (χ2n) is 15.9. The lowest BCUT2D eigenvalue weighted by Gasteiger charge is -2.40. The smallest absolute Gasteiger partial charge is 0.407 e. The highest BCUT2D eigenvalue weighted by molar-refractivity contribution is 6.07. The lowest BCUT2D eigenvalue weighted by molar-refractivity contribution is 0.0512. The standard InChI is InChI=1S/C41H56N6O5/c1-41(2,3)52-39(49)43-25-31-15-13-30(14-16-31)24-42-38(48)35-23-37(45-36-12-8-7-11-34(35)36)47-21-18-29(19-22-47)17-20-46-26-33(27-46)44-40(50)51-28-32-9-5-4-6-10-32/h4-12,23,29-31,33H,13-22,24-28H2,1-3H3,(H,42,48)(H,43,49)(H,44,50). The normalized spacial score (nSPS) is 20.2. The number of fused-ring (bicyclic) bond motifs is 1. The summed E-state index contributed by atoms with van der Waals surface area (Å²) in [5.41, 5.74) is 2.01. The molecule has 2 saturated heterocycles. The third-order valence-electron chi connectivity index (χ3n) is 10.7. The second-order valence-corrected chi connectivity index (χ2v) is 15.9. The number of hydrogen-bond acceptors (Lipinski definition) is 8. The van der Waals surface area contributed by atoms with Crippen molar-refractivity contribution in [1.29, 1.82) is 0 Å². The first-order valence-electron chi connectivity index (χ1n) is 19.2. The molecule has 1 aromatic heterocycles. The van der Waals surface area contributed by atoms with Crippen molar-refractivity contribution < 1.29 is 23.9 Å². The van der Waals surface area contributed by atoms with Crippen molar-refractivity contribution in [3.8, 4) is 0 Å². The van der Waals surface area contributed by atoms with Gasteiger partial charge in [0, 0.05) is 44.7 Å². The minimum atomic E-state index is -0.499. The molecule has 0 unspecified atom stereocenters. The van der Waals surface area contributed by atoms with Crippen molar-refractivity contribution in [2.75, 3.05) is 50.7 Å². The molecule has 3 aromatic rings. The first-order chi connectivity index (χ1) is 25.1. The molecule has 3 amide bonds. The van der Waals surface area contributed by atoms with Crippen molar-refractivity contribution in [3.63, 3.8) is 0 Å². The Morgan fingerprint density at radius 3 is 2.15 bits per heavy atom. The van der Waals surface area contributed by atoms with Crippen LogP contribution in [0.4, 0.5) is 15.4 Å². The molecule has 280 valence electrons. The molecule has 2 aliphatic heterocycles. The number of aromatic nitrogens is 1. The van der Waals surface area contributed by atoms with Crippen molar-refractivity contribution in [2.24, 2.45) is 17.8 Å². The van der Waals surface area contributed by atoms with Gasteiger partial charge < -0.3 is 30.3 Å². The van der Waals surface area contributed by atoms with Crippen LogP contribution in [0.15, 0.2) is 60.7 Å². The number of ether oxygens (including phenoxy) is 2. The van der Waals surface area contributed by atoms with Crippen LogP contribution in [0.25, 0.3) is 10.9 Å². The fourth-order valence-electron chi connectivity index (χ4n) is 7.62. The maximum absolute atomic E-state index is 13.6. The fourth-order valence-corrected chi connectivity index (χ4v) is 7.62. The van der Waals surface area contributed by atoms with Crippen molar-refractivity contribution in [2.45, 2.75) is 84.0 Å². The number of rotatable bonds is 12. The summed E-state index contributed by atoms with van der Waals surface area (Å²) < 4.78 is 10.7. The number of hydrogen-bond donors (Lipinski definition) is 3. The molecular formula is C41H56N6O5. The van der Waals surface area contributed by atoms with Gasteiger partial charge in [0.15, 0.2) is 0 Å². The van der Waals surface area contributed by atoms with Crippen molar-refractivity contribution in [3.05, 3.63) is 71.8 Å². The number of piperidine rings is 1. The molecule has 0 atom stereocenters. The Hall–Kier alpha value is -4.38. The van der Waals surface area contributed by atoms with Crippen LogP contribution in [0.5, 0.6) is 0 Å². The number of nitrogens with one attached hydrogen (secondary N) is 3. The molecule has 52 heavy (non-hydrogen) atoms. The molecule has 2 aromatic carbocycles. The third kappa shape index (κ3) is 10.8. The van der Waals surface area contributed by atoms with E-state index in [0.717, 1.165) is 100.0 Å². The SMILES string of the molecule is CC(C)(C)OC(=O)NCC1CCC(CNC(=O)c2cc(N3CCC(CCN4CC(NC(=O)OCc5ccccc5)C4)CC3)nc3ccccc23)CC1. The molecule has 6 rings (SSSR count). The first-order valence-corrected chi connectivity index (χ1v) is 19.2. The van der Waals surface area contributed by atoms with E-state index >= 15 is 0 Å². The summed E-state index contributed by atoms with van der Waals surface area (Å²) >= 11 is 0. The van der Waals surface area contributed by atoms with Gasteiger partial charge in [0.2, 0.25) is 0 Å². The quantitative estimate of drug-likeness (QED) is 0.194. The third-order valence-corrected chi connectivity index (χ3v) is 10.7. The van der Waals surface area contributed by atoms with Crippen molar-refractivity contribution in [1.82, 2.24) is 25.8 Å². The Balaban J connectivity index is 0.913. The van der Waals surface area contributed by atoms with Gasteiger partial charge in [-0.25, -0.2) is 14.6 Å². The Morgan fingerprint density at radius 1 is 0.808 bits per heavy atom. The number of amides is 3. The van der Waals surface area contributed by atoms with E-state index in [4.69, 9.17) is 14.5 Å². The minimum Gasteiger partial charge on any atom is -0.445 e. The highest BCUT2D eigenvalue weighted by Crippen LogP contribution is 2.30. The molecule has 3 aliphatic rings. The zero-order valence-corrected chi connectivity index (χ0v) is 31.1. The lowest BCUT2D eigenvalue weighted by Crippen LogP contribution is -2.59. The maximum atomic E-state index is 13.6. The molecule has 3 heterocycles. The van der Waals surface area contributed by atoms with Gasteiger partial charge >= 0.3 is 12.2 Å². The number of alkyl carbamates (subject to hydrolysis) is 2. The Morgan fingerprint density at radius 2 is 1.46 bits per heavy atom. The highest BCUT2D eigenvalue weighted by atomic mass is 16.6. The molecule has 1 saturated carbocycles. The van der Waals surface area contributed by atoms with E-state index in [2.05, 4.69) is 25.8 Å². The summed E-state index contributed by atoms with van der Waals surface area (Å²) in [7, 11) is 0. The molecule has 3 N–H and O–H groups in total. The molecule has 0 bridgehead atoms. The van der Waals surface area contributed by atoms with Gasteiger partial charge in [-0.05, 0) is 108 Å². The van der Waals surface area contributed by atoms with Gasteiger partial charge in [-0.2, -0.15) is 0 Å². The summed E-state index contributed by atoms with van der Waals surface area (Å²) in [6.07, 6.45) is 6.71. The zero-order chi connectivity index (χ0) is 36.5. The minimum absolute atomic E-state index is 0.0461. The number of anilines is 1. The van der Waals surface area contributed by atoms with E-state index < -0.39 is 5.60 Å². The maximum Gasteiger partial charge on any atom is 0.407 e. The van der Waals surface area contributed by atoms with E-state index in [0.29, 0.717) is 36.4 Å². The lowest BCUT2D eigenvalue weighted by atomic mass is 9.82. The van der Waals surface area contributed by atoms with Gasteiger partial charge in [0.05, 0.1) is 17.1 Å². The number of likely N-dealkylation sites (tertiary alicyclic amines) is 1. The second kappa shape index (κ2) is 17.4. The average molecular weight is 713 g/mol. The molecule has 3 fully saturated rings. The summed E-state index contributed by atoms with van der Waals surface area (Å²) in [5, 5.41) is 10.0. The largest absolute Gasteiger partial charge is 0.445 e. The van der Waals surface area contributed by atoms with E-state index in [1.807, 2.05) is 81.4 Å². The van der Waals surface area contributed by atoms with Gasteiger partial charge in [-0.15, -0.1) is 0 Å². The molecule has 11 heteroatoms. The van der Waals surface area contributed by atoms with E-state index in [1.54, 1.807) is 0 Å². The fraction of sp³-hybridized carbons (Fsp3) is 0.561. The van der Waals surface area contributed by atoms with Gasteiger partial charge in [-0.3, -0.25) is 9.69 Å². The predicted octanol–water partition coefficient (Wildman–Crippen LogP) is 6.51. The number of carbonyl (C=O) groups excluding carboxylic acids is 3. The molecular weight excluding hydrogens is 656 g/mol. The van der Waals surface area contributed by atoms with Gasteiger partial charge in [-0.1, -0.05) is 48.5 Å². The summed E-state index contributed by atoms with van der Waals surface area (Å²) in [6.45, 7) is 11.8. The Labute approximate surface area is 308 Å². The molecule has 0 spiro atoms. The van der Waals surface area contributed by atoms with Crippen molar-refractivity contribution >= 4 is 34.8 Å². The van der Waals surface area contributed by atoms with E-state index in [-0.39, 0.29) is 30.7 Å². The van der Waals surface area contributed by atoms with Crippen LogP contribution in [0.1, 0.15) is 81.6 Å².